The molecule has 3 N–H and O–H groups in total. The summed E-state index contributed by atoms with van der Waals surface area (Å²) in [7, 11) is 0. The molecule has 1 aromatic heterocycles. The van der Waals surface area contributed by atoms with E-state index >= 15 is 0 Å². The molecule has 2 atom stereocenters. The van der Waals surface area contributed by atoms with Gasteiger partial charge in [0.25, 0.3) is 0 Å². The summed E-state index contributed by atoms with van der Waals surface area (Å²) < 4.78 is 44.5. The van der Waals surface area contributed by atoms with E-state index in [9.17, 15) is 27.9 Å². The van der Waals surface area contributed by atoms with Crippen molar-refractivity contribution in [3.05, 3.63) is 90.1 Å². The van der Waals surface area contributed by atoms with Gasteiger partial charge in [-0.15, -0.1) is 0 Å². The number of carbonyl (C=O) groups is 2. The molecule has 2 amide bonds. The van der Waals surface area contributed by atoms with Gasteiger partial charge in [0.05, 0.1) is 17.8 Å². The first-order valence-corrected chi connectivity index (χ1v) is 12.6. The van der Waals surface area contributed by atoms with Gasteiger partial charge < -0.3 is 15.2 Å². The fourth-order valence-corrected chi connectivity index (χ4v) is 3.87. The predicted molar refractivity (Wildman–Crippen MR) is 144 cm³/mol. The Bertz CT molecular complexity index is 1230. The molecule has 0 radical (unpaired) electrons. The Hall–Kier alpha value is -3.96. The van der Waals surface area contributed by atoms with Gasteiger partial charge in [0, 0.05) is 24.8 Å². The second-order valence-electron chi connectivity index (χ2n) is 10.2. The number of aromatic nitrogens is 1. The van der Waals surface area contributed by atoms with Crippen molar-refractivity contribution in [1.82, 2.24) is 20.7 Å². The molecule has 1 heterocycles. The van der Waals surface area contributed by atoms with Crippen LogP contribution in [0.15, 0.2) is 79.0 Å². The van der Waals surface area contributed by atoms with Crippen LogP contribution in [0.25, 0.3) is 11.3 Å². The number of alkyl halides is 3. The van der Waals surface area contributed by atoms with Gasteiger partial charge in [-0.1, -0.05) is 60.7 Å². The highest BCUT2D eigenvalue weighted by Gasteiger charge is 2.41. The molecule has 3 aromatic rings. The molecule has 0 fully saturated rings. The number of benzene rings is 2. The lowest BCUT2D eigenvalue weighted by Gasteiger charge is -2.31. The number of hydrogen-bond acceptors (Lipinski definition) is 6. The Kier molecular flexibility index (Phi) is 10.2. The van der Waals surface area contributed by atoms with Gasteiger partial charge in [-0.2, -0.15) is 13.2 Å². The van der Waals surface area contributed by atoms with Crippen LogP contribution in [0.1, 0.15) is 31.9 Å². The normalized spacial score (nSPS) is 13.4. The number of amides is 2. The zero-order valence-electron chi connectivity index (χ0n) is 22.5. The molecule has 3 rings (SSSR count). The lowest BCUT2D eigenvalue weighted by atomic mass is 10.0. The molecule has 40 heavy (non-hydrogen) atoms. The number of aliphatic hydroxyl groups is 1. The number of halogens is 3. The highest BCUT2D eigenvalue weighted by molar-refractivity contribution is 5.82. The van der Waals surface area contributed by atoms with Gasteiger partial charge in [0.15, 0.2) is 0 Å². The first-order valence-electron chi connectivity index (χ1n) is 12.6. The number of hydrogen-bond donors (Lipinski definition) is 3. The summed E-state index contributed by atoms with van der Waals surface area (Å²) in [6.07, 6.45) is -5.81. The summed E-state index contributed by atoms with van der Waals surface area (Å²) in [4.78, 5) is 28.7. The van der Waals surface area contributed by atoms with E-state index in [0.29, 0.717) is 5.56 Å². The van der Waals surface area contributed by atoms with Gasteiger partial charge >= 0.3 is 18.2 Å². The molecule has 0 saturated heterocycles. The van der Waals surface area contributed by atoms with E-state index in [0.717, 1.165) is 16.8 Å². The number of nitrogens with one attached hydrogen (secondary N) is 2. The summed E-state index contributed by atoms with van der Waals surface area (Å²) in [6, 6.07) is 20.1. The largest absolute Gasteiger partial charge is 0.471 e. The number of pyridine rings is 1. The van der Waals surface area contributed by atoms with Crippen LogP contribution >= 0.6 is 0 Å². The Morgan fingerprint density at radius 3 is 2.17 bits per heavy atom. The SMILES string of the molecule is CC(C)(C)OC(=O)NN(Cc1ccc(-c2ccccn2)cc1)C[C@H](O)[C@H](Cc1ccccc1)NC(=O)C(F)(F)F. The quantitative estimate of drug-likeness (QED) is 0.313. The Balaban J connectivity index is 1.81. The van der Waals surface area contributed by atoms with Crippen molar-refractivity contribution >= 4 is 12.0 Å². The van der Waals surface area contributed by atoms with Crippen LogP contribution in [0.5, 0.6) is 0 Å². The molecule has 0 aliphatic heterocycles. The fraction of sp³-hybridized carbons (Fsp3) is 0.345. The van der Waals surface area contributed by atoms with Crippen LogP contribution in [-0.2, 0) is 22.5 Å². The van der Waals surface area contributed by atoms with Crippen LogP contribution in [0.2, 0.25) is 0 Å². The third-order valence-corrected chi connectivity index (χ3v) is 5.68. The molecule has 0 unspecified atom stereocenters. The summed E-state index contributed by atoms with van der Waals surface area (Å²) in [5.41, 5.74) is 4.76. The van der Waals surface area contributed by atoms with Crippen molar-refractivity contribution in [2.45, 2.75) is 57.7 Å². The van der Waals surface area contributed by atoms with Crippen molar-refractivity contribution in [3.63, 3.8) is 0 Å². The van der Waals surface area contributed by atoms with E-state index < -0.39 is 35.9 Å². The molecule has 11 heteroatoms. The maximum Gasteiger partial charge on any atom is 0.471 e. The number of aliphatic hydroxyl groups excluding tert-OH is 1. The van der Waals surface area contributed by atoms with E-state index in [1.165, 1.54) is 5.01 Å². The molecular formula is C29H33F3N4O4. The Labute approximate surface area is 231 Å². The van der Waals surface area contributed by atoms with E-state index in [1.807, 2.05) is 47.8 Å². The van der Waals surface area contributed by atoms with Crippen molar-refractivity contribution in [3.8, 4) is 11.3 Å². The van der Waals surface area contributed by atoms with Crippen LogP contribution in [-0.4, -0.2) is 57.6 Å². The Morgan fingerprint density at radius 1 is 0.950 bits per heavy atom. The molecule has 0 saturated carbocycles. The highest BCUT2D eigenvalue weighted by Crippen LogP contribution is 2.19. The monoisotopic (exact) mass is 558 g/mol. The molecule has 214 valence electrons. The molecule has 8 nitrogen and oxygen atoms in total. The van der Waals surface area contributed by atoms with Crippen LogP contribution in [0, 0.1) is 0 Å². The Morgan fingerprint density at radius 2 is 1.60 bits per heavy atom. The summed E-state index contributed by atoms with van der Waals surface area (Å²) in [5, 5.41) is 14.3. The van der Waals surface area contributed by atoms with Gasteiger partial charge in [-0.25, -0.2) is 9.80 Å². The number of nitrogens with zero attached hydrogens (tertiary/aromatic N) is 2. The first-order chi connectivity index (χ1) is 18.8. The highest BCUT2D eigenvalue weighted by atomic mass is 19.4. The minimum absolute atomic E-state index is 0.0666. The minimum Gasteiger partial charge on any atom is -0.443 e. The summed E-state index contributed by atoms with van der Waals surface area (Å²) in [6.45, 7) is 4.83. The average Bonchev–Trinajstić information content (AvgIpc) is 2.88. The predicted octanol–water partition coefficient (Wildman–Crippen LogP) is 4.64. The smallest absolute Gasteiger partial charge is 0.443 e. The van der Waals surface area contributed by atoms with Gasteiger partial charge in [-0.05, 0) is 50.5 Å². The number of carbonyl (C=O) groups excluding carboxylic acids is 2. The van der Waals surface area contributed by atoms with Gasteiger partial charge in [0.1, 0.15) is 5.60 Å². The molecule has 0 aliphatic rings. The summed E-state index contributed by atoms with van der Waals surface area (Å²) >= 11 is 0. The average molecular weight is 559 g/mol. The minimum atomic E-state index is -5.13. The summed E-state index contributed by atoms with van der Waals surface area (Å²) in [5.74, 6) is -2.16. The van der Waals surface area contributed by atoms with Gasteiger partial charge in [0.2, 0.25) is 0 Å². The number of ether oxygens (including phenoxy) is 1. The van der Waals surface area contributed by atoms with E-state index in [1.54, 1.807) is 57.3 Å². The zero-order chi connectivity index (χ0) is 29.3. The molecule has 2 aromatic carbocycles. The second-order valence-corrected chi connectivity index (χ2v) is 10.2. The maximum absolute atomic E-state index is 13.1. The van der Waals surface area contributed by atoms with Crippen molar-refractivity contribution in [2.75, 3.05) is 6.54 Å². The van der Waals surface area contributed by atoms with Crippen molar-refractivity contribution < 1.29 is 32.6 Å². The molecule has 0 spiro atoms. The van der Waals surface area contributed by atoms with E-state index in [-0.39, 0.29) is 19.5 Å². The third-order valence-electron chi connectivity index (χ3n) is 5.68. The second kappa shape index (κ2) is 13.4. The topological polar surface area (TPSA) is 104 Å². The van der Waals surface area contributed by atoms with Crippen LogP contribution in [0.3, 0.4) is 0 Å². The molecule has 0 aliphatic carbocycles. The third kappa shape index (κ3) is 9.97. The molecule has 0 bridgehead atoms. The van der Waals surface area contributed by atoms with Gasteiger partial charge in [-0.3, -0.25) is 15.2 Å². The number of rotatable bonds is 10. The van der Waals surface area contributed by atoms with E-state index in [2.05, 4.69) is 10.4 Å². The fourth-order valence-electron chi connectivity index (χ4n) is 3.87. The van der Waals surface area contributed by atoms with Crippen LogP contribution in [0.4, 0.5) is 18.0 Å². The van der Waals surface area contributed by atoms with Crippen LogP contribution < -0.4 is 10.7 Å². The lowest BCUT2D eigenvalue weighted by Crippen LogP contribution is -2.55. The zero-order valence-corrected chi connectivity index (χ0v) is 22.5. The lowest BCUT2D eigenvalue weighted by molar-refractivity contribution is -0.175. The standard InChI is InChI=1S/C29H33F3N4O4/c1-28(2,3)40-27(39)35-36(18-21-12-14-22(15-13-21)23-11-7-8-16-33-23)19-25(37)24(34-26(38)29(30,31)32)17-20-9-5-4-6-10-20/h4-16,24-25,37H,17-19H2,1-3H3,(H,34,38)(H,35,39)/t24-,25-/m0/s1. The maximum atomic E-state index is 13.1. The van der Waals surface area contributed by atoms with E-state index in [4.69, 9.17) is 4.74 Å². The van der Waals surface area contributed by atoms with Crippen molar-refractivity contribution in [2.24, 2.45) is 0 Å². The first kappa shape index (κ1) is 30.6. The number of hydrazine groups is 1. The van der Waals surface area contributed by atoms with Crippen molar-refractivity contribution in [1.29, 1.82) is 0 Å². The molecular weight excluding hydrogens is 525 g/mol.